The van der Waals surface area contributed by atoms with E-state index < -0.39 is 0 Å². The Balaban J connectivity index is 0.00000176. The zero-order chi connectivity index (χ0) is 14.8. The summed E-state index contributed by atoms with van der Waals surface area (Å²) in [5.74, 6) is 0. The lowest BCUT2D eigenvalue weighted by Gasteiger charge is -2.30. The average molecular weight is 363 g/mol. The monoisotopic (exact) mass is 361 g/mol. The van der Waals surface area contributed by atoms with Gasteiger partial charge in [-0.25, -0.2) is 4.68 Å². The second-order valence-corrected chi connectivity index (χ2v) is 6.18. The van der Waals surface area contributed by atoms with Crippen LogP contribution in [0, 0.1) is 0 Å². The van der Waals surface area contributed by atoms with Gasteiger partial charge < -0.3 is 5.32 Å². The maximum Gasteiger partial charge on any atom is 0.0971 e. The van der Waals surface area contributed by atoms with E-state index in [0.29, 0.717) is 16.1 Å². The quantitative estimate of drug-likeness (QED) is 0.912. The van der Waals surface area contributed by atoms with Crippen LogP contribution in [0.25, 0.3) is 5.69 Å². The van der Waals surface area contributed by atoms with E-state index in [9.17, 15) is 0 Å². The van der Waals surface area contributed by atoms with Crippen LogP contribution in [-0.4, -0.2) is 45.6 Å². The molecule has 0 spiro atoms. The van der Waals surface area contributed by atoms with Gasteiger partial charge in [-0.1, -0.05) is 28.4 Å². The standard InChI is InChI=1S/C14H17Cl2N5.ClH/c1-10-7-20(5-4-17-10)8-12-9-21(19-18-12)14-3-2-11(15)6-13(14)16;/h2-3,6,9-10,17H,4-5,7-8H2,1H3;1H/t10-;/m1./s1. The lowest BCUT2D eigenvalue weighted by Crippen LogP contribution is -2.48. The molecule has 1 atom stereocenters. The molecule has 0 unspecified atom stereocenters. The molecule has 0 saturated carbocycles. The predicted octanol–water partition coefficient (Wildman–Crippen LogP) is 2.79. The summed E-state index contributed by atoms with van der Waals surface area (Å²) in [6, 6.07) is 5.86. The topological polar surface area (TPSA) is 46.0 Å². The van der Waals surface area contributed by atoms with Crippen LogP contribution >= 0.6 is 35.6 Å². The molecule has 0 radical (unpaired) electrons. The second-order valence-electron chi connectivity index (χ2n) is 5.34. The van der Waals surface area contributed by atoms with Crippen molar-refractivity contribution in [1.82, 2.24) is 25.2 Å². The van der Waals surface area contributed by atoms with E-state index in [2.05, 4.69) is 27.5 Å². The summed E-state index contributed by atoms with van der Waals surface area (Å²) >= 11 is 12.1. The van der Waals surface area contributed by atoms with Gasteiger partial charge in [0.2, 0.25) is 0 Å². The minimum Gasteiger partial charge on any atom is -0.312 e. The van der Waals surface area contributed by atoms with Crippen LogP contribution in [0.1, 0.15) is 12.6 Å². The molecule has 1 aliphatic rings. The van der Waals surface area contributed by atoms with Crippen molar-refractivity contribution >= 4 is 35.6 Å². The van der Waals surface area contributed by atoms with Crippen LogP contribution in [0.2, 0.25) is 10.0 Å². The Labute approximate surface area is 146 Å². The van der Waals surface area contributed by atoms with Gasteiger partial charge in [0.1, 0.15) is 0 Å². The summed E-state index contributed by atoms with van der Waals surface area (Å²) < 4.78 is 1.69. The highest BCUT2D eigenvalue weighted by molar-refractivity contribution is 6.35. The van der Waals surface area contributed by atoms with E-state index in [1.165, 1.54) is 0 Å². The van der Waals surface area contributed by atoms with E-state index in [1.807, 2.05) is 12.3 Å². The van der Waals surface area contributed by atoms with Crippen molar-refractivity contribution in [3.05, 3.63) is 40.1 Å². The first kappa shape index (κ1) is 17.5. The summed E-state index contributed by atoms with van der Waals surface area (Å²) in [4.78, 5) is 2.37. The molecule has 5 nitrogen and oxygen atoms in total. The smallest absolute Gasteiger partial charge is 0.0971 e. The van der Waals surface area contributed by atoms with Gasteiger partial charge in [0.15, 0.2) is 0 Å². The molecule has 1 fully saturated rings. The van der Waals surface area contributed by atoms with E-state index in [4.69, 9.17) is 23.2 Å². The fourth-order valence-corrected chi connectivity index (χ4v) is 3.04. The van der Waals surface area contributed by atoms with Gasteiger partial charge in [0.25, 0.3) is 0 Å². The SMILES string of the molecule is C[C@@H]1CN(Cc2cn(-c3ccc(Cl)cc3Cl)nn2)CCN1.Cl. The van der Waals surface area contributed by atoms with Gasteiger partial charge in [-0.2, -0.15) is 0 Å². The fraction of sp³-hybridized carbons (Fsp3) is 0.429. The van der Waals surface area contributed by atoms with E-state index in [-0.39, 0.29) is 12.4 Å². The Morgan fingerprint density at radius 1 is 1.36 bits per heavy atom. The van der Waals surface area contributed by atoms with E-state index in [0.717, 1.165) is 37.6 Å². The summed E-state index contributed by atoms with van der Waals surface area (Å²) in [6.07, 6.45) is 1.92. The maximum absolute atomic E-state index is 6.19. The molecule has 1 aliphatic heterocycles. The van der Waals surface area contributed by atoms with E-state index in [1.54, 1.807) is 16.8 Å². The first-order valence-electron chi connectivity index (χ1n) is 6.94. The Bertz CT molecular complexity index is 631. The first-order chi connectivity index (χ1) is 10.1. The van der Waals surface area contributed by atoms with Crippen molar-refractivity contribution in [2.45, 2.75) is 19.5 Å². The Kier molecular flexibility index (Phi) is 6.06. The molecule has 0 aliphatic carbocycles. The molecule has 22 heavy (non-hydrogen) atoms. The third kappa shape index (κ3) is 4.12. The molecule has 2 heterocycles. The summed E-state index contributed by atoms with van der Waals surface area (Å²) in [6.45, 7) is 6.06. The molecule has 3 rings (SSSR count). The number of hydrogen-bond acceptors (Lipinski definition) is 4. The van der Waals surface area contributed by atoms with Gasteiger partial charge in [-0.15, -0.1) is 17.5 Å². The van der Waals surface area contributed by atoms with Gasteiger partial charge in [-0.3, -0.25) is 4.90 Å². The molecule has 0 amide bonds. The number of nitrogens with one attached hydrogen (secondary N) is 1. The lowest BCUT2D eigenvalue weighted by atomic mass is 10.2. The number of piperazine rings is 1. The minimum absolute atomic E-state index is 0. The van der Waals surface area contributed by atoms with Crippen LogP contribution in [0.5, 0.6) is 0 Å². The van der Waals surface area contributed by atoms with Crippen LogP contribution in [-0.2, 0) is 6.54 Å². The molecule has 1 saturated heterocycles. The number of rotatable bonds is 3. The van der Waals surface area contributed by atoms with Crippen molar-refractivity contribution in [1.29, 1.82) is 0 Å². The highest BCUT2D eigenvalue weighted by Gasteiger charge is 2.17. The minimum atomic E-state index is 0. The van der Waals surface area contributed by atoms with Crippen LogP contribution < -0.4 is 5.32 Å². The van der Waals surface area contributed by atoms with Crippen LogP contribution in [0.3, 0.4) is 0 Å². The van der Waals surface area contributed by atoms with Crippen molar-refractivity contribution in [2.75, 3.05) is 19.6 Å². The molecular weight excluding hydrogens is 345 g/mol. The molecule has 0 bridgehead atoms. The number of nitrogens with zero attached hydrogens (tertiary/aromatic N) is 4. The summed E-state index contributed by atoms with van der Waals surface area (Å²) in [5.41, 5.74) is 1.73. The van der Waals surface area contributed by atoms with Gasteiger partial charge in [0, 0.05) is 37.2 Å². The van der Waals surface area contributed by atoms with Crippen molar-refractivity contribution < 1.29 is 0 Å². The summed E-state index contributed by atoms with van der Waals surface area (Å²) in [5, 5.41) is 13.0. The molecular formula is C14H18Cl3N5. The number of aromatic nitrogens is 3. The fourth-order valence-electron chi connectivity index (χ4n) is 2.54. The predicted molar refractivity (Wildman–Crippen MR) is 91.4 cm³/mol. The zero-order valence-corrected chi connectivity index (χ0v) is 14.5. The molecule has 120 valence electrons. The van der Waals surface area contributed by atoms with Crippen LogP contribution in [0.4, 0.5) is 0 Å². The summed E-state index contributed by atoms with van der Waals surface area (Å²) in [7, 11) is 0. The largest absolute Gasteiger partial charge is 0.312 e. The number of benzene rings is 1. The molecule has 8 heteroatoms. The normalized spacial score (nSPS) is 19.0. The Morgan fingerprint density at radius 3 is 2.91 bits per heavy atom. The Hall–Kier alpha value is -0.850. The Morgan fingerprint density at radius 2 is 2.18 bits per heavy atom. The lowest BCUT2D eigenvalue weighted by molar-refractivity contribution is 0.197. The number of halogens is 3. The van der Waals surface area contributed by atoms with Crippen molar-refractivity contribution in [3.8, 4) is 5.69 Å². The van der Waals surface area contributed by atoms with Gasteiger partial charge in [0.05, 0.1) is 22.6 Å². The van der Waals surface area contributed by atoms with Gasteiger partial charge in [-0.05, 0) is 25.1 Å². The molecule has 2 aromatic rings. The molecule has 1 aromatic carbocycles. The third-order valence-corrected chi connectivity index (χ3v) is 4.07. The van der Waals surface area contributed by atoms with Gasteiger partial charge >= 0.3 is 0 Å². The molecule has 1 N–H and O–H groups in total. The first-order valence-corrected chi connectivity index (χ1v) is 7.70. The molecule has 1 aromatic heterocycles. The van der Waals surface area contributed by atoms with E-state index >= 15 is 0 Å². The zero-order valence-electron chi connectivity index (χ0n) is 12.2. The highest BCUT2D eigenvalue weighted by atomic mass is 35.5. The maximum atomic E-state index is 6.19. The van der Waals surface area contributed by atoms with Crippen molar-refractivity contribution in [3.63, 3.8) is 0 Å². The number of hydrogen-bond donors (Lipinski definition) is 1. The average Bonchev–Trinajstić information content (AvgIpc) is 2.87. The highest BCUT2D eigenvalue weighted by Crippen LogP contribution is 2.23. The second kappa shape index (κ2) is 7.62. The third-order valence-electron chi connectivity index (χ3n) is 3.54. The van der Waals surface area contributed by atoms with Crippen molar-refractivity contribution in [2.24, 2.45) is 0 Å². The van der Waals surface area contributed by atoms with Crippen LogP contribution in [0.15, 0.2) is 24.4 Å².